The maximum Gasteiger partial charge on any atom is 0.273 e. The molecule has 9 nitrogen and oxygen atoms in total. The van der Waals surface area contributed by atoms with E-state index in [1.165, 1.54) is 0 Å². The number of nitrogens with one attached hydrogen (secondary N) is 2. The van der Waals surface area contributed by atoms with Crippen LogP contribution in [-0.2, 0) is 6.54 Å². The van der Waals surface area contributed by atoms with Gasteiger partial charge in [0, 0.05) is 18.6 Å². The lowest BCUT2D eigenvalue weighted by Gasteiger charge is -2.29. The number of ether oxygens (including phenoxy) is 3. The highest BCUT2D eigenvalue weighted by Crippen LogP contribution is 2.41. The maximum absolute atomic E-state index is 12.1. The summed E-state index contributed by atoms with van der Waals surface area (Å²) in [6.07, 6.45) is 5.84. The molecule has 0 unspecified atom stereocenters. The molecule has 0 saturated heterocycles. The Labute approximate surface area is 176 Å². The molecule has 4 rings (SSSR count). The fourth-order valence-electron chi connectivity index (χ4n) is 3.99. The van der Waals surface area contributed by atoms with Crippen molar-refractivity contribution in [1.29, 1.82) is 0 Å². The number of methoxy groups -OCH3 is 1. The number of aromatic nitrogens is 3. The maximum atomic E-state index is 12.1. The van der Waals surface area contributed by atoms with Crippen molar-refractivity contribution in [2.45, 2.75) is 64.2 Å². The van der Waals surface area contributed by atoms with Crippen LogP contribution in [0.3, 0.4) is 0 Å². The molecule has 1 aromatic heterocycles. The lowest BCUT2D eigenvalue weighted by atomic mass is 9.91. The molecule has 30 heavy (non-hydrogen) atoms. The number of carbonyl (C=O) groups is 1. The van der Waals surface area contributed by atoms with Gasteiger partial charge in [-0.3, -0.25) is 4.79 Å². The Hall–Kier alpha value is -2.81. The molecule has 9 heteroatoms. The van der Waals surface area contributed by atoms with E-state index >= 15 is 0 Å². The Morgan fingerprint density at radius 3 is 2.80 bits per heavy atom. The van der Waals surface area contributed by atoms with E-state index in [1.54, 1.807) is 13.3 Å². The Morgan fingerprint density at radius 2 is 2.07 bits per heavy atom. The number of rotatable bonds is 7. The van der Waals surface area contributed by atoms with Crippen LogP contribution in [0.25, 0.3) is 0 Å². The summed E-state index contributed by atoms with van der Waals surface area (Å²) in [5, 5.41) is 14.7. The van der Waals surface area contributed by atoms with Crippen molar-refractivity contribution in [1.82, 2.24) is 25.6 Å². The van der Waals surface area contributed by atoms with Gasteiger partial charge in [-0.1, -0.05) is 5.21 Å². The number of fused-ring (bicyclic) bond motifs is 1. The van der Waals surface area contributed by atoms with E-state index in [4.69, 9.17) is 14.2 Å². The molecule has 2 aliphatic rings. The quantitative estimate of drug-likeness (QED) is 0.716. The number of carbonyl (C=O) groups excluding carboxylic acids is 1. The van der Waals surface area contributed by atoms with Gasteiger partial charge in [-0.25, -0.2) is 4.68 Å². The fraction of sp³-hybridized carbons (Fsp3) is 0.571. The summed E-state index contributed by atoms with van der Waals surface area (Å²) >= 11 is 0. The summed E-state index contributed by atoms with van der Waals surface area (Å²) in [4.78, 5) is 12.1. The molecule has 1 aliphatic carbocycles. The third-order valence-corrected chi connectivity index (χ3v) is 5.55. The van der Waals surface area contributed by atoms with Gasteiger partial charge in [0.05, 0.1) is 19.3 Å². The summed E-state index contributed by atoms with van der Waals surface area (Å²) in [6, 6.07) is 4.79. The molecule has 1 amide bonds. The van der Waals surface area contributed by atoms with Crippen LogP contribution in [0.15, 0.2) is 18.3 Å². The molecule has 0 radical (unpaired) electrons. The minimum atomic E-state index is -0.175. The van der Waals surface area contributed by atoms with Crippen molar-refractivity contribution >= 4 is 5.91 Å². The third kappa shape index (κ3) is 4.51. The highest BCUT2D eigenvalue weighted by atomic mass is 16.7. The van der Waals surface area contributed by atoms with E-state index in [0.717, 1.165) is 43.5 Å². The van der Waals surface area contributed by atoms with Crippen molar-refractivity contribution in [3.8, 4) is 17.2 Å². The van der Waals surface area contributed by atoms with Crippen LogP contribution in [0.1, 0.15) is 61.6 Å². The zero-order valence-electron chi connectivity index (χ0n) is 17.7. The van der Waals surface area contributed by atoms with E-state index < -0.39 is 0 Å². The average molecular weight is 415 g/mol. The van der Waals surface area contributed by atoms with Crippen molar-refractivity contribution in [2.75, 3.05) is 13.9 Å². The van der Waals surface area contributed by atoms with Crippen LogP contribution in [0.4, 0.5) is 0 Å². The normalized spacial score (nSPS) is 20.4. The molecule has 0 spiro atoms. The van der Waals surface area contributed by atoms with E-state index in [1.807, 2.05) is 30.7 Å². The topological polar surface area (TPSA) is 99.5 Å². The average Bonchev–Trinajstić information content (AvgIpc) is 3.41. The van der Waals surface area contributed by atoms with Gasteiger partial charge in [0.25, 0.3) is 5.91 Å². The molecule has 0 bridgehead atoms. The zero-order valence-corrected chi connectivity index (χ0v) is 17.7. The highest BCUT2D eigenvalue weighted by Gasteiger charge is 2.25. The Morgan fingerprint density at radius 1 is 1.27 bits per heavy atom. The minimum absolute atomic E-state index is 0.0777. The van der Waals surface area contributed by atoms with E-state index in [0.29, 0.717) is 23.2 Å². The van der Waals surface area contributed by atoms with Crippen LogP contribution in [0.5, 0.6) is 17.2 Å². The molecule has 2 aromatic rings. The molecular weight excluding hydrogens is 386 g/mol. The first-order chi connectivity index (χ1) is 14.5. The molecule has 0 atom stereocenters. The molecule has 1 aliphatic heterocycles. The Kier molecular flexibility index (Phi) is 6.08. The summed E-state index contributed by atoms with van der Waals surface area (Å²) in [7, 11) is 1.64. The molecule has 1 aromatic carbocycles. The highest BCUT2D eigenvalue weighted by molar-refractivity contribution is 5.91. The van der Waals surface area contributed by atoms with Gasteiger partial charge in [0.1, 0.15) is 0 Å². The van der Waals surface area contributed by atoms with Crippen LogP contribution in [0, 0.1) is 0 Å². The summed E-state index contributed by atoms with van der Waals surface area (Å²) in [5.74, 6) is 1.94. The lowest BCUT2D eigenvalue weighted by Crippen LogP contribution is -2.33. The second-order valence-electron chi connectivity index (χ2n) is 8.13. The second-order valence-corrected chi connectivity index (χ2v) is 8.13. The SMILES string of the molecule is COc1cc(CNC2CCC(n3cc(C(=O)NC(C)C)nn3)CC2)cc2c1OCO2. The molecule has 2 heterocycles. The minimum Gasteiger partial charge on any atom is -0.493 e. The van der Waals surface area contributed by atoms with Gasteiger partial charge in [-0.15, -0.1) is 5.10 Å². The lowest BCUT2D eigenvalue weighted by molar-refractivity contribution is 0.0938. The van der Waals surface area contributed by atoms with Crippen LogP contribution < -0.4 is 24.8 Å². The number of benzene rings is 1. The summed E-state index contributed by atoms with van der Waals surface area (Å²) in [6.45, 7) is 4.83. The van der Waals surface area contributed by atoms with Crippen LogP contribution in [-0.4, -0.2) is 46.9 Å². The van der Waals surface area contributed by atoms with Crippen LogP contribution in [0.2, 0.25) is 0 Å². The second kappa shape index (κ2) is 8.91. The van der Waals surface area contributed by atoms with Gasteiger partial charge in [-0.05, 0) is 57.2 Å². The predicted molar refractivity (Wildman–Crippen MR) is 110 cm³/mol. The summed E-state index contributed by atoms with van der Waals surface area (Å²) in [5.41, 5.74) is 1.48. The number of amides is 1. The van der Waals surface area contributed by atoms with Crippen molar-refractivity contribution in [2.24, 2.45) is 0 Å². The van der Waals surface area contributed by atoms with Gasteiger partial charge in [0.2, 0.25) is 12.5 Å². The monoisotopic (exact) mass is 415 g/mol. The van der Waals surface area contributed by atoms with E-state index in [-0.39, 0.29) is 24.8 Å². The van der Waals surface area contributed by atoms with Crippen molar-refractivity contribution < 1.29 is 19.0 Å². The van der Waals surface area contributed by atoms with Crippen molar-refractivity contribution in [3.63, 3.8) is 0 Å². The predicted octanol–water partition coefficient (Wildman–Crippen LogP) is 2.43. The third-order valence-electron chi connectivity index (χ3n) is 5.55. The smallest absolute Gasteiger partial charge is 0.273 e. The number of nitrogens with zero attached hydrogens (tertiary/aromatic N) is 3. The first-order valence-corrected chi connectivity index (χ1v) is 10.5. The molecule has 1 saturated carbocycles. The molecular formula is C21H29N5O4. The van der Waals surface area contributed by atoms with Crippen molar-refractivity contribution in [3.05, 3.63) is 29.6 Å². The van der Waals surface area contributed by atoms with Crippen LogP contribution >= 0.6 is 0 Å². The largest absolute Gasteiger partial charge is 0.493 e. The molecule has 2 N–H and O–H groups in total. The zero-order chi connectivity index (χ0) is 21.1. The standard InChI is InChI=1S/C21H29N5O4/c1-13(2)23-21(27)17-11-26(25-24-17)16-6-4-15(5-7-16)22-10-14-8-18(28-3)20-19(9-14)29-12-30-20/h8-9,11,13,15-16,22H,4-7,10,12H2,1-3H3,(H,23,27). The number of hydrogen-bond donors (Lipinski definition) is 2. The molecule has 162 valence electrons. The first kappa shape index (κ1) is 20.5. The molecule has 1 fully saturated rings. The Balaban J connectivity index is 1.28. The number of hydrogen-bond acceptors (Lipinski definition) is 7. The Bertz CT molecular complexity index is 890. The van der Waals surface area contributed by atoms with Gasteiger partial charge < -0.3 is 24.8 Å². The van der Waals surface area contributed by atoms with E-state index in [2.05, 4.69) is 20.9 Å². The van der Waals surface area contributed by atoms with Gasteiger partial charge in [0.15, 0.2) is 17.2 Å². The first-order valence-electron chi connectivity index (χ1n) is 10.5. The van der Waals surface area contributed by atoms with E-state index in [9.17, 15) is 4.79 Å². The summed E-state index contributed by atoms with van der Waals surface area (Å²) < 4.78 is 18.2. The van der Waals surface area contributed by atoms with Gasteiger partial charge in [-0.2, -0.15) is 0 Å². The fourth-order valence-corrected chi connectivity index (χ4v) is 3.99. The van der Waals surface area contributed by atoms with Gasteiger partial charge >= 0.3 is 0 Å².